The molecule has 2 aromatic carbocycles. The number of hydrogen-bond acceptors (Lipinski definition) is 1. The summed E-state index contributed by atoms with van der Waals surface area (Å²) in [6.07, 6.45) is 0.614. The van der Waals surface area contributed by atoms with Crippen LogP contribution < -0.4 is 5.73 Å². The van der Waals surface area contributed by atoms with Crippen LogP contribution in [0.2, 0.25) is 0 Å². The van der Waals surface area contributed by atoms with Crippen molar-refractivity contribution in [3.05, 3.63) is 69.4 Å². The third kappa shape index (κ3) is 2.79. The van der Waals surface area contributed by atoms with Crippen molar-refractivity contribution >= 4 is 15.9 Å². The Labute approximate surface area is 115 Å². The fourth-order valence-electron chi connectivity index (χ4n) is 2.06. The van der Waals surface area contributed by atoms with Gasteiger partial charge in [0.1, 0.15) is 5.82 Å². The highest BCUT2D eigenvalue weighted by Crippen LogP contribution is 2.26. The topological polar surface area (TPSA) is 26.0 Å². The molecule has 3 heteroatoms. The van der Waals surface area contributed by atoms with Crippen LogP contribution in [0.1, 0.15) is 22.7 Å². The molecule has 0 aromatic heterocycles. The second-order valence-corrected chi connectivity index (χ2v) is 5.17. The van der Waals surface area contributed by atoms with Gasteiger partial charge in [0, 0.05) is 6.04 Å². The van der Waals surface area contributed by atoms with Gasteiger partial charge in [0.05, 0.1) is 4.47 Å². The van der Waals surface area contributed by atoms with Gasteiger partial charge < -0.3 is 5.73 Å². The molecule has 0 bridgehead atoms. The fourth-order valence-corrected chi connectivity index (χ4v) is 2.48. The predicted octanol–water partition coefficient (Wildman–Crippen LogP) is 4.14. The molecule has 1 unspecified atom stereocenters. The molecule has 0 saturated heterocycles. The first-order chi connectivity index (χ1) is 8.59. The Hall–Kier alpha value is -1.19. The molecule has 0 spiro atoms. The highest BCUT2D eigenvalue weighted by molar-refractivity contribution is 9.10. The molecule has 0 fully saturated rings. The molecule has 0 aliphatic heterocycles. The van der Waals surface area contributed by atoms with Gasteiger partial charge in [0.2, 0.25) is 0 Å². The van der Waals surface area contributed by atoms with Crippen molar-refractivity contribution < 1.29 is 4.39 Å². The van der Waals surface area contributed by atoms with Gasteiger partial charge in [-0.05, 0) is 52.0 Å². The zero-order valence-corrected chi connectivity index (χ0v) is 11.7. The molecular formula is C15H15BrFN. The smallest absolute Gasteiger partial charge is 0.137 e. The third-order valence-corrected chi connectivity index (χ3v) is 3.95. The molecule has 0 amide bonds. The highest BCUT2D eigenvalue weighted by Gasteiger charge is 2.12. The van der Waals surface area contributed by atoms with Crippen molar-refractivity contribution in [2.24, 2.45) is 5.73 Å². The minimum Gasteiger partial charge on any atom is -0.324 e. The van der Waals surface area contributed by atoms with Crippen LogP contribution in [0.15, 0.2) is 46.9 Å². The van der Waals surface area contributed by atoms with Crippen molar-refractivity contribution in [2.45, 2.75) is 19.4 Å². The van der Waals surface area contributed by atoms with E-state index in [2.05, 4.69) is 15.9 Å². The maximum absolute atomic E-state index is 13.4. The summed E-state index contributed by atoms with van der Waals surface area (Å²) in [6, 6.07) is 12.9. The summed E-state index contributed by atoms with van der Waals surface area (Å²) in [5, 5.41) is 0. The summed E-state index contributed by atoms with van der Waals surface area (Å²) in [7, 11) is 0. The lowest BCUT2D eigenvalue weighted by atomic mass is 9.96. The van der Waals surface area contributed by atoms with Gasteiger partial charge >= 0.3 is 0 Å². The van der Waals surface area contributed by atoms with Gasteiger partial charge in [-0.3, -0.25) is 0 Å². The molecule has 0 saturated carbocycles. The zero-order chi connectivity index (χ0) is 13.1. The molecular weight excluding hydrogens is 293 g/mol. The lowest BCUT2D eigenvalue weighted by Gasteiger charge is -2.15. The number of rotatable bonds is 3. The molecule has 2 N–H and O–H groups in total. The van der Waals surface area contributed by atoms with Crippen molar-refractivity contribution in [3.63, 3.8) is 0 Å². The average Bonchev–Trinajstić information content (AvgIpc) is 2.35. The first-order valence-corrected chi connectivity index (χ1v) is 6.63. The number of hydrogen-bond donors (Lipinski definition) is 1. The number of nitrogens with two attached hydrogens (primary N) is 1. The van der Waals surface area contributed by atoms with Gasteiger partial charge in [-0.2, -0.15) is 0 Å². The monoisotopic (exact) mass is 307 g/mol. The van der Waals surface area contributed by atoms with E-state index in [-0.39, 0.29) is 11.9 Å². The Bertz CT molecular complexity index is 554. The molecule has 0 heterocycles. The van der Waals surface area contributed by atoms with Gasteiger partial charge in [-0.25, -0.2) is 4.39 Å². The predicted molar refractivity (Wildman–Crippen MR) is 75.9 cm³/mol. The van der Waals surface area contributed by atoms with E-state index in [1.54, 1.807) is 6.07 Å². The van der Waals surface area contributed by atoms with Crippen LogP contribution in [0.25, 0.3) is 0 Å². The Morgan fingerprint density at radius 2 is 1.89 bits per heavy atom. The Morgan fingerprint density at radius 1 is 1.17 bits per heavy atom. The summed E-state index contributed by atoms with van der Waals surface area (Å²) in [6.45, 7) is 2.04. The maximum atomic E-state index is 13.4. The number of benzene rings is 2. The van der Waals surface area contributed by atoms with Crippen LogP contribution in [0.5, 0.6) is 0 Å². The van der Waals surface area contributed by atoms with Crippen molar-refractivity contribution in [3.8, 4) is 0 Å². The molecule has 1 nitrogen and oxygen atoms in total. The molecule has 0 aliphatic carbocycles. The summed E-state index contributed by atoms with van der Waals surface area (Å²) in [4.78, 5) is 0. The molecule has 0 radical (unpaired) electrons. The van der Waals surface area contributed by atoms with E-state index in [9.17, 15) is 4.39 Å². The Balaban J connectivity index is 2.24. The molecule has 2 aromatic rings. The fraction of sp³-hybridized carbons (Fsp3) is 0.200. The standard InChI is InChI=1S/C15H15BrFN/c1-10-5-2-3-7-12(10)14(18)9-11-6-4-8-13(17)15(11)16/h2-8,14H,9,18H2,1H3. The zero-order valence-electron chi connectivity index (χ0n) is 10.2. The second kappa shape index (κ2) is 5.63. The van der Waals surface area contributed by atoms with Gasteiger partial charge in [-0.1, -0.05) is 36.4 Å². The lowest BCUT2D eigenvalue weighted by Crippen LogP contribution is -2.15. The normalized spacial score (nSPS) is 12.4. The minimum absolute atomic E-state index is 0.121. The van der Waals surface area contributed by atoms with E-state index in [0.29, 0.717) is 10.9 Å². The highest BCUT2D eigenvalue weighted by atomic mass is 79.9. The second-order valence-electron chi connectivity index (χ2n) is 4.38. The maximum Gasteiger partial charge on any atom is 0.137 e. The van der Waals surface area contributed by atoms with Crippen LogP contribution >= 0.6 is 15.9 Å². The van der Waals surface area contributed by atoms with E-state index in [1.807, 2.05) is 37.3 Å². The quantitative estimate of drug-likeness (QED) is 0.906. The van der Waals surface area contributed by atoms with Crippen molar-refractivity contribution in [1.29, 1.82) is 0 Å². The van der Waals surface area contributed by atoms with Crippen LogP contribution in [0, 0.1) is 12.7 Å². The molecule has 1 atom stereocenters. The summed E-state index contributed by atoms with van der Waals surface area (Å²) in [5.41, 5.74) is 9.37. The first-order valence-electron chi connectivity index (χ1n) is 5.83. The Morgan fingerprint density at radius 3 is 2.61 bits per heavy atom. The SMILES string of the molecule is Cc1ccccc1C(N)Cc1cccc(F)c1Br. The van der Waals surface area contributed by atoms with E-state index < -0.39 is 0 Å². The van der Waals surface area contributed by atoms with Gasteiger partial charge in [0.25, 0.3) is 0 Å². The molecule has 18 heavy (non-hydrogen) atoms. The van der Waals surface area contributed by atoms with Crippen LogP contribution in [-0.4, -0.2) is 0 Å². The van der Waals surface area contributed by atoms with Crippen LogP contribution in [0.4, 0.5) is 4.39 Å². The van der Waals surface area contributed by atoms with Crippen molar-refractivity contribution in [1.82, 2.24) is 0 Å². The Kier molecular flexibility index (Phi) is 4.15. The minimum atomic E-state index is -0.246. The average molecular weight is 308 g/mol. The summed E-state index contributed by atoms with van der Waals surface area (Å²) >= 11 is 3.27. The molecule has 94 valence electrons. The number of aryl methyl sites for hydroxylation is 1. The first kappa shape index (κ1) is 13.2. The van der Waals surface area contributed by atoms with E-state index >= 15 is 0 Å². The molecule has 0 aliphatic rings. The van der Waals surface area contributed by atoms with E-state index in [4.69, 9.17) is 5.73 Å². The molecule has 2 rings (SSSR count). The third-order valence-electron chi connectivity index (χ3n) is 3.06. The van der Waals surface area contributed by atoms with Crippen LogP contribution in [0.3, 0.4) is 0 Å². The van der Waals surface area contributed by atoms with E-state index in [1.165, 1.54) is 6.07 Å². The summed E-state index contributed by atoms with van der Waals surface area (Å²) in [5.74, 6) is -0.246. The largest absolute Gasteiger partial charge is 0.324 e. The van der Waals surface area contributed by atoms with Crippen LogP contribution in [-0.2, 0) is 6.42 Å². The van der Waals surface area contributed by atoms with Crippen molar-refractivity contribution in [2.75, 3.05) is 0 Å². The summed E-state index contributed by atoms with van der Waals surface area (Å²) < 4.78 is 13.9. The lowest BCUT2D eigenvalue weighted by molar-refractivity contribution is 0.614. The van der Waals surface area contributed by atoms with Gasteiger partial charge in [-0.15, -0.1) is 0 Å². The van der Waals surface area contributed by atoms with E-state index in [0.717, 1.165) is 16.7 Å². The van der Waals surface area contributed by atoms with Gasteiger partial charge in [0.15, 0.2) is 0 Å². The number of halogens is 2.